The van der Waals surface area contributed by atoms with Gasteiger partial charge in [0.1, 0.15) is 11.8 Å². The molecule has 1 unspecified atom stereocenters. The number of piperidine rings is 1. The van der Waals surface area contributed by atoms with Crippen LogP contribution in [0.4, 0.5) is 10.5 Å². The van der Waals surface area contributed by atoms with Gasteiger partial charge in [-0.3, -0.25) is 29.4 Å². The van der Waals surface area contributed by atoms with Crippen LogP contribution in [0, 0.1) is 0 Å². The van der Waals surface area contributed by atoms with Crippen molar-refractivity contribution < 1.29 is 28.7 Å². The average Bonchev–Trinajstić information content (AvgIpc) is 3.02. The molecule has 0 saturated carbocycles. The Morgan fingerprint density at radius 2 is 1.84 bits per heavy atom. The van der Waals surface area contributed by atoms with Gasteiger partial charge >= 0.3 is 6.03 Å². The van der Waals surface area contributed by atoms with Gasteiger partial charge in [0, 0.05) is 13.0 Å². The Morgan fingerprint density at radius 3 is 2.59 bits per heavy atom. The van der Waals surface area contributed by atoms with E-state index in [0.717, 1.165) is 4.90 Å². The number of fused-ring (bicyclic) bond motifs is 1. The summed E-state index contributed by atoms with van der Waals surface area (Å²) in [5.41, 5.74) is 1.44. The number of methoxy groups -OCH3 is 1. The minimum Gasteiger partial charge on any atom is -0.495 e. The van der Waals surface area contributed by atoms with Gasteiger partial charge in [0.25, 0.3) is 11.8 Å². The number of ether oxygens (including phenoxy) is 1. The fourth-order valence-electron chi connectivity index (χ4n) is 3.72. The molecule has 10 heteroatoms. The second kappa shape index (κ2) is 8.50. The molecular formula is C22H20N4O6. The van der Waals surface area contributed by atoms with Gasteiger partial charge in [0.05, 0.1) is 23.9 Å². The highest BCUT2D eigenvalue weighted by Gasteiger charge is 2.44. The van der Waals surface area contributed by atoms with Crippen molar-refractivity contribution in [3.05, 3.63) is 59.2 Å². The van der Waals surface area contributed by atoms with Gasteiger partial charge in [0.2, 0.25) is 11.8 Å². The number of hydrogen-bond acceptors (Lipinski definition) is 6. The van der Waals surface area contributed by atoms with Gasteiger partial charge < -0.3 is 15.4 Å². The Morgan fingerprint density at radius 1 is 1.09 bits per heavy atom. The maximum atomic E-state index is 12.9. The lowest BCUT2D eigenvalue weighted by molar-refractivity contribution is -0.136. The quantitative estimate of drug-likeness (QED) is 0.607. The van der Waals surface area contributed by atoms with Crippen molar-refractivity contribution in [2.45, 2.75) is 25.4 Å². The van der Waals surface area contributed by atoms with Crippen molar-refractivity contribution in [1.82, 2.24) is 15.5 Å². The van der Waals surface area contributed by atoms with Crippen molar-refractivity contribution in [1.29, 1.82) is 0 Å². The largest absolute Gasteiger partial charge is 0.495 e. The SMILES string of the molecule is COc1ccccc1NC(=O)NCc1ccc2c(c1)C(=O)N(C1CCC(=O)NC1=O)C2=O. The fourth-order valence-corrected chi connectivity index (χ4v) is 3.72. The van der Waals surface area contributed by atoms with E-state index < -0.39 is 35.7 Å². The molecule has 6 amide bonds. The summed E-state index contributed by atoms with van der Waals surface area (Å²) >= 11 is 0. The minimum absolute atomic E-state index is 0.0558. The summed E-state index contributed by atoms with van der Waals surface area (Å²) in [6.07, 6.45) is 0.147. The number of amides is 6. The van der Waals surface area contributed by atoms with Gasteiger partial charge in [-0.1, -0.05) is 18.2 Å². The van der Waals surface area contributed by atoms with Crippen molar-refractivity contribution in [3.8, 4) is 5.75 Å². The smallest absolute Gasteiger partial charge is 0.319 e. The van der Waals surface area contributed by atoms with Crippen LogP contribution in [0.25, 0.3) is 0 Å². The average molecular weight is 436 g/mol. The predicted molar refractivity (Wildman–Crippen MR) is 112 cm³/mol. The molecule has 2 aromatic carbocycles. The number of urea groups is 1. The first-order valence-corrected chi connectivity index (χ1v) is 9.91. The van der Waals surface area contributed by atoms with E-state index in [4.69, 9.17) is 4.74 Å². The maximum Gasteiger partial charge on any atom is 0.319 e. The number of nitrogens with zero attached hydrogens (tertiary/aromatic N) is 1. The normalized spacial score (nSPS) is 17.7. The standard InChI is InChI=1S/C22H20N4O6/c1-32-17-5-3-2-4-15(17)24-22(31)23-11-12-6-7-13-14(10-12)21(30)26(20(13)29)16-8-9-18(27)25-19(16)28/h2-7,10,16H,8-9,11H2,1H3,(H2,23,24,31)(H,25,27,28). The van der Waals surface area contributed by atoms with Crippen LogP contribution in [0.1, 0.15) is 39.1 Å². The van der Waals surface area contributed by atoms with Crippen molar-refractivity contribution in [2.75, 3.05) is 12.4 Å². The van der Waals surface area contributed by atoms with E-state index in [2.05, 4.69) is 16.0 Å². The van der Waals surface area contributed by atoms with Gasteiger partial charge in [-0.25, -0.2) is 4.79 Å². The molecule has 3 N–H and O–H groups in total. The summed E-state index contributed by atoms with van der Waals surface area (Å²) in [6, 6.07) is 10.1. The molecule has 0 radical (unpaired) electrons. The van der Waals surface area contributed by atoms with Crippen LogP contribution in [-0.4, -0.2) is 47.7 Å². The maximum absolute atomic E-state index is 12.9. The third-order valence-corrected chi connectivity index (χ3v) is 5.31. The first kappa shape index (κ1) is 21.0. The fraction of sp³-hybridized carbons (Fsp3) is 0.227. The number of hydrogen-bond donors (Lipinski definition) is 3. The summed E-state index contributed by atoms with van der Waals surface area (Å²) < 4.78 is 5.19. The third-order valence-electron chi connectivity index (χ3n) is 5.31. The first-order chi connectivity index (χ1) is 15.4. The number of para-hydroxylation sites is 2. The Hall–Kier alpha value is -4.21. The van der Waals surface area contributed by atoms with E-state index in [9.17, 15) is 24.0 Å². The Kier molecular flexibility index (Phi) is 5.59. The lowest BCUT2D eigenvalue weighted by Crippen LogP contribution is -2.54. The lowest BCUT2D eigenvalue weighted by atomic mass is 10.0. The number of carbonyl (C=O) groups excluding carboxylic acids is 5. The number of rotatable bonds is 5. The van der Waals surface area contributed by atoms with Gasteiger partial charge in [-0.05, 0) is 36.2 Å². The number of benzene rings is 2. The van der Waals surface area contributed by atoms with Crippen LogP contribution < -0.4 is 20.7 Å². The summed E-state index contributed by atoms with van der Waals surface area (Å²) in [6.45, 7) is 0.105. The van der Waals surface area contributed by atoms with Gasteiger partial charge in [-0.15, -0.1) is 0 Å². The zero-order valence-electron chi connectivity index (χ0n) is 17.1. The second-order valence-electron chi connectivity index (χ2n) is 7.34. The molecule has 32 heavy (non-hydrogen) atoms. The zero-order chi connectivity index (χ0) is 22.8. The predicted octanol–water partition coefficient (Wildman–Crippen LogP) is 1.42. The molecule has 2 heterocycles. The van der Waals surface area contributed by atoms with Crippen LogP contribution in [0.2, 0.25) is 0 Å². The summed E-state index contributed by atoms with van der Waals surface area (Å²) in [4.78, 5) is 62.2. The molecule has 0 bridgehead atoms. The first-order valence-electron chi connectivity index (χ1n) is 9.91. The number of nitrogens with one attached hydrogen (secondary N) is 3. The molecule has 2 aliphatic heterocycles. The van der Waals surface area contributed by atoms with Crippen molar-refractivity contribution in [3.63, 3.8) is 0 Å². The lowest BCUT2D eigenvalue weighted by Gasteiger charge is -2.27. The van der Waals surface area contributed by atoms with E-state index in [0.29, 0.717) is 17.0 Å². The third kappa shape index (κ3) is 3.89. The van der Waals surface area contributed by atoms with Gasteiger partial charge in [0.15, 0.2) is 0 Å². The highest BCUT2D eigenvalue weighted by Crippen LogP contribution is 2.28. The van der Waals surface area contributed by atoms with Gasteiger partial charge in [-0.2, -0.15) is 0 Å². The molecule has 2 aliphatic rings. The molecular weight excluding hydrogens is 416 g/mol. The van der Waals surface area contributed by atoms with E-state index in [1.807, 2.05) is 0 Å². The number of anilines is 1. The number of imide groups is 2. The Bertz CT molecular complexity index is 1140. The molecule has 1 atom stereocenters. The Balaban J connectivity index is 1.44. The van der Waals surface area contributed by atoms with Crippen LogP contribution in [-0.2, 0) is 16.1 Å². The molecule has 0 spiro atoms. The summed E-state index contributed by atoms with van der Waals surface area (Å²) in [5.74, 6) is -1.75. The highest BCUT2D eigenvalue weighted by molar-refractivity contribution is 6.23. The van der Waals surface area contributed by atoms with Crippen LogP contribution in [0.5, 0.6) is 5.75 Å². The molecule has 1 saturated heterocycles. The minimum atomic E-state index is -1.02. The molecule has 2 aromatic rings. The van der Waals surface area contributed by atoms with Crippen LogP contribution >= 0.6 is 0 Å². The molecule has 1 fully saturated rings. The topological polar surface area (TPSA) is 134 Å². The number of carbonyl (C=O) groups is 5. The second-order valence-corrected chi connectivity index (χ2v) is 7.34. The van der Waals surface area contributed by atoms with Crippen LogP contribution in [0.15, 0.2) is 42.5 Å². The molecule has 10 nitrogen and oxygen atoms in total. The molecule has 164 valence electrons. The monoisotopic (exact) mass is 436 g/mol. The highest BCUT2D eigenvalue weighted by atomic mass is 16.5. The Labute approximate surface area is 182 Å². The van der Waals surface area contributed by atoms with E-state index in [-0.39, 0.29) is 30.5 Å². The van der Waals surface area contributed by atoms with E-state index in [1.54, 1.807) is 30.3 Å². The summed E-state index contributed by atoms with van der Waals surface area (Å²) in [7, 11) is 1.50. The van der Waals surface area contributed by atoms with E-state index >= 15 is 0 Å². The van der Waals surface area contributed by atoms with Crippen molar-refractivity contribution >= 4 is 35.3 Å². The summed E-state index contributed by atoms with van der Waals surface area (Å²) in [5, 5.41) is 7.53. The van der Waals surface area contributed by atoms with Crippen molar-refractivity contribution in [2.24, 2.45) is 0 Å². The molecule has 0 aliphatic carbocycles. The molecule has 4 rings (SSSR count). The van der Waals surface area contributed by atoms with Crippen LogP contribution in [0.3, 0.4) is 0 Å². The van der Waals surface area contributed by atoms with E-state index in [1.165, 1.54) is 19.2 Å². The molecule has 0 aromatic heterocycles. The zero-order valence-corrected chi connectivity index (χ0v) is 17.1.